The number of pyridine rings is 1. The highest BCUT2D eigenvalue weighted by atomic mass is 16.5. The summed E-state index contributed by atoms with van der Waals surface area (Å²) in [4.78, 5) is 32.2. The van der Waals surface area contributed by atoms with E-state index in [2.05, 4.69) is 4.98 Å². The molecule has 36 heavy (non-hydrogen) atoms. The molecule has 3 heterocycles. The van der Waals surface area contributed by atoms with Crippen LogP contribution in [-0.4, -0.2) is 26.7 Å². The lowest BCUT2D eigenvalue weighted by molar-refractivity contribution is -0.130. The molecule has 1 atom stereocenters. The minimum atomic E-state index is -0.830. The lowest BCUT2D eigenvalue weighted by atomic mass is 9.94. The normalized spacial score (nSPS) is 15.4. The Bertz CT molecular complexity index is 1430. The monoisotopic (exact) mass is 480 g/mol. The van der Waals surface area contributed by atoms with Crippen LogP contribution >= 0.6 is 0 Å². The van der Waals surface area contributed by atoms with E-state index in [1.807, 2.05) is 42.5 Å². The fourth-order valence-electron chi connectivity index (χ4n) is 4.28. The summed E-state index contributed by atoms with van der Waals surface area (Å²) in [7, 11) is 0. The highest BCUT2D eigenvalue weighted by Gasteiger charge is 2.44. The van der Waals surface area contributed by atoms with E-state index in [0.717, 1.165) is 11.1 Å². The Balaban J connectivity index is 1.52. The van der Waals surface area contributed by atoms with Crippen LogP contribution in [0.4, 0.5) is 0 Å². The van der Waals surface area contributed by atoms with E-state index in [-0.39, 0.29) is 17.9 Å². The average molecular weight is 481 g/mol. The Morgan fingerprint density at radius 3 is 2.50 bits per heavy atom. The van der Waals surface area contributed by atoms with E-state index in [0.29, 0.717) is 23.7 Å². The van der Waals surface area contributed by atoms with Crippen LogP contribution in [0.1, 0.15) is 39.0 Å². The molecule has 7 heteroatoms. The number of carbonyl (C=O) groups is 2. The molecule has 4 aromatic rings. The van der Waals surface area contributed by atoms with Crippen LogP contribution in [0.15, 0.2) is 107 Å². The molecule has 180 valence electrons. The van der Waals surface area contributed by atoms with Crippen LogP contribution < -0.4 is 4.74 Å². The molecule has 0 aliphatic carbocycles. The topological polar surface area (TPSA) is 92.9 Å². The summed E-state index contributed by atoms with van der Waals surface area (Å²) >= 11 is 0. The second-order valence-corrected chi connectivity index (χ2v) is 8.54. The number of aliphatic hydroxyl groups is 1. The van der Waals surface area contributed by atoms with Crippen LogP contribution in [0.5, 0.6) is 5.75 Å². The van der Waals surface area contributed by atoms with Crippen molar-refractivity contribution in [1.29, 1.82) is 0 Å². The third-order valence-electron chi connectivity index (χ3n) is 6.04. The second-order valence-electron chi connectivity index (χ2n) is 8.54. The number of rotatable bonds is 8. The summed E-state index contributed by atoms with van der Waals surface area (Å²) in [5, 5.41) is 10.9. The Morgan fingerprint density at radius 2 is 1.78 bits per heavy atom. The van der Waals surface area contributed by atoms with Crippen LogP contribution in [0.25, 0.3) is 0 Å². The zero-order valence-corrected chi connectivity index (χ0v) is 19.6. The number of nitrogens with zero attached hydrogens (tertiary/aromatic N) is 2. The molecule has 0 bridgehead atoms. The molecule has 0 saturated carbocycles. The predicted octanol–water partition coefficient (Wildman–Crippen LogP) is 5.34. The Labute approximate surface area is 208 Å². The molecule has 0 radical (unpaired) electrons. The van der Waals surface area contributed by atoms with Gasteiger partial charge in [0.1, 0.15) is 18.1 Å². The number of ether oxygens (including phenoxy) is 1. The number of hydrogen-bond donors (Lipinski definition) is 1. The zero-order valence-electron chi connectivity index (χ0n) is 19.6. The van der Waals surface area contributed by atoms with Crippen molar-refractivity contribution in [3.05, 3.63) is 131 Å². The number of furan rings is 1. The first kappa shape index (κ1) is 23.1. The molecular weight excluding hydrogens is 456 g/mol. The zero-order chi connectivity index (χ0) is 25.1. The van der Waals surface area contributed by atoms with Gasteiger partial charge in [0.25, 0.3) is 5.91 Å². The van der Waals surface area contributed by atoms with E-state index in [9.17, 15) is 14.7 Å². The molecule has 2 aromatic carbocycles. The van der Waals surface area contributed by atoms with Gasteiger partial charge in [-0.25, -0.2) is 0 Å². The van der Waals surface area contributed by atoms with Crippen molar-refractivity contribution < 1.29 is 23.8 Å². The number of aryl methyl sites for hydroxylation is 1. The minimum Gasteiger partial charge on any atom is -0.503 e. The SMILES string of the molecule is Cc1ccc(C(=O)C2=C(O)C(=O)N(Cc3ccncc3)C2c2cccc(OCc3ccccc3)c2)o1. The summed E-state index contributed by atoms with van der Waals surface area (Å²) in [6.07, 6.45) is 3.27. The first-order valence-corrected chi connectivity index (χ1v) is 11.5. The molecule has 0 saturated heterocycles. The fourth-order valence-corrected chi connectivity index (χ4v) is 4.28. The third-order valence-corrected chi connectivity index (χ3v) is 6.04. The van der Waals surface area contributed by atoms with Crippen molar-refractivity contribution in [2.24, 2.45) is 0 Å². The van der Waals surface area contributed by atoms with Crippen molar-refractivity contribution in [2.75, 3.05) is 0 Å². The number of Topliss-reactive ketones (excluding diaryl/α,β-unsaturated/α-hetero) is 1. The minimum absolute atomic E-state index is 0.0244. The number of amides is 1. The second kappa shape index (κ2) is 9.92. The van der Waals surface area contributed by atoms with Gasteiger partial charge in [0.15, 0.2) is 11.5 Å². The lowest BCUT2D eigenvalue weighted by Crippen LogP contribution is -2.30. The maximum absolute atomic E-state index is 13.5. The summed E-state index contributed by atoms with van der Waals surface area (Å²) in [6, 6.07) is 23.0. The van der Waals surface area contributed by atoms with Crippen molar-refractivity contribution >= 4 is 11.7 Å². The number of carbonyl (C=O) groups excluding carboxylic acids is 2. The Morgan fingerprint density at radius 1 is 1.00 bits per heavy atom. The van der Waals surface area contributed by atoms with Gasteiger partial charge in [-0.2, -0.15) is 0 Å². The Kier molecular flexibility index (Phi) is 6.36. The van der Waals surface area contributed by atoms with Gasteiger partial charge >= 0.3 is 0 Å². The van der Waals surface area contributed by atoms with E-state index in [1.54, 1.807) is 55.7 Å². The molecule has 5 rings (SSSR count). The van der Waals surface area contributed by atoms with Gasteiger partial charge in [-0.15, -0.1) is 0 Å². The van der Waals surface area contributed by atoms with E-state index >= 15 is 0 Å². The van der Waals surface area contributed by atoms with Gasteiger partial charge in [0.05, 0.1) is 11.6 Å². The molecule has 1 aliphatic rings. The molecule has 2 aromatic heterocycles. The van der Waals surface area contributed by atoms with E-state index in [4.69, 9.17) is 9.15 Å². The molecule has 1 N–H and O–H groups in total. The molecular formula is C29H24N2O5. The quantitative estimate of drug-likeness (QED) is 0.342. The third kappa shape index (κ3) is 4.63. The summed E-state index contributed by atoms with van der Waals surface area (Å²) < 4.78 is 11.5. The molecule has 0 fully saturated rings. The standard InChI is InChI=1S/C29H24N2O5/c1-19-10-11-24(36-19)27(32)25-26(31(29(34)28(25)33)17-20-12-14-30-15-13-20)22-8-5-9-23(16-22)35-18-21-6-3-2-4-7-21/h2-16,26,33H,17-18H2,1H3. The molecule has 1 aliphatic heterocycles. The highest BCUT2D eigenvalue weighted by molar-refractivity contribution is 6.15. The van der Waals surface area contributed by atoms with Crippen molar-refractivity contribution in [3.8, 4) is 5.75 Å². The fraction of sp³-hybridized carbons (Fsp3) is 0.138. The Hall–Kier alpha value is -4.65. The van der Waals surface area contributed by atoms with Crippen molar-refractivity contribution in [2.45, 2.75) is 26.1 Å². The van der Waals surface area contributed by atoms with Gasteiger partial charge in [-0.05, 0) is 60.0 Å². The average Bonchev–Trinajstić information content (AvgIpc) is 3.45. The molecule has 1 amide bonds. The van der Waals surface area contributed by atoms with E-state index < -0.39 is 23.5 Å². The number of aliphatic hydroxyl groups excluding tert-OH is 1. The van der Waals surface area contributed by atoms with Crippen molar-refractivity contribution in [3.63, 3.8) is 0 Å². The maximum Gasteiger partial charge on any atom is 0.290 e. The van der Waals surface area contributed by atoms with Gasteiger partial charge < -0.3 is 19.2 Å². The number of benzene rings is 2. The molecule has 1 unspecified atom stereocenters. The van der Waals surface area contributed by atoms with Gasteiger partial charge in [-0.1, -0.05) is 42.5 Å². The first-order valence-electron chi connectivity index (χ1n) is 11.5. The number of ketones is 1. The van der Waals surface area contributed by atoms with Crippen LogP contribution in [0.2, 0.25) is 0 Å². The van der Waals surface area contributed by atoms with Crippen molar-refractivity contribution in [1.82, 2.24) is 9.88 Å². The maximum atomic E-state index is 13.5. The number of aromatic nitrogens is 1. The van der Waals surface area contributed by atoms with Crippen LogP contribution in [-0.2, 0) is 17.9 Å². The van der Waals surface area contributed by atoms with Gasteiger partial charge in [0, 0.05) is 18.9 Å². The molecule has 7 nitrogen and oxygen atoms in total. The van der Waals surface area contributed by atoms with E-state index in [1.165, 1.54) is 4.90 Å². The summed E-state index contributed by atoms with van der Waals surface area (Å²) in [5.74, 6) is -0.535. The first-order chi connectivity index (χ1) is 17.5. The highest BCUT2D eigenvalue weighted by Crippen LogP contribution is 2.41. The van der Waals surface area contributed by atoms with Crippen LogP contribution in [0, 0.1) is 6.92 Å². The summed E-state index contributed by atoms with van der Waals surface area (Å²) in [6.45, 7) is 2.28. The number of hydrogen-bond acceptors (Lipinski definition) is 6. The predicted molar refractivity (Wildman–Crippen MR) is 132 cm³/mol. The smallest absolute Gasteiger partial charge is 0.290 e. The van der Waals surface area contributed by atoms with Crippen LogP contribution in [0.3, 0.4) is 0 Å². The summed E-state index contributed by atoms with van der Waals surface area (Å²) in [5.41, 5.74) is 2.44. The molecule has 0 spiro atoms. The largest absolute Gasteiger partial charge is 0.503 e. The van der Waals surface area contributed by atoms with Gasteiger partial charge in [0.2, 0.25) is 5.78 Å². The lowest BCUT2D eigenvalue weighted by Gasteiger charge is -2.27. The van der Waals surface area contributed by atoms with Gasteiger partial charge in [-0.3, -0.25) is 14.6 Å².